The second-order valence-corrected chi connectivity index (χ2v) is 5.36. The SMILES string of the molecule is CCNCCC(=O)N(C)Cc1ccc(Cl)s1. The number of carbonyl (C=O) groups is 1. The minimum atomic E-state index is 0.158. The highest BCUT2D eigenvalue weighted by atomic mass is 35.5. The van der Waals surface area contributed by atoms with Crippen LogP contribution in [-0.4, -0.2) is 30.9 Å². The van der Waals surface area contributed by atoms with Gasteiger partial charge in [-0.05, 0) is 18.7 Å². The highest BCUT2D eigenvalue weighted by molar-refractivity contribution is 7.16. The van der Waals surface area contributed by atoms with E-state index in [4.69, 9.17) is 11.6 Å². The fourth-order valence-electron chi connectivity index (χ4n) is 1.32. The molecule has 5 heteroatoms. The van der Waals surface area contributed by atoms with Gasteiger partial charge in [0.25, 0.3) is 0 Å². The fraction of sp³-hybridized carbons (Fsp3) is 0.545. The van der Waals surface area contributed by atoms with Crippen LogP contribution in [0.4, 0.5) is 0 Å². The molecule has 0 atom stereocenters. The number of halogens is 1. The van der Waals surface area contributed by atoms with E-state index >= 15 is 0 Å². The molecule has 1 N–H and O–H groups in total. The summed E-state index contributed by atoms with van der Waals surface area (Å²) in [5.74, 6) is 0.158. The standard InChI is InChI=1S/C11H17ClN2OS/c1-3-13-7-6-11(15)14(2)8-9-4-5-10(12)16-9/h4-5,13H,3,6-8H2,1-2H3. The molecule has 3 nitrogen and oxygen atoms in total. The normalized spacial score (nSPS) is 10.4. The van der Waals surface area contributed by atoms with E-state index in [1.807, 2.05) is 26.1 Å². The van der Waals surface area contributed by atoms with Crippen molar-refractivity contribution in [3.05, 3.63) is 21.3 Å². The summed E-state index contributed by atoms with van der Waals surface area (Å²) in [5.41, 5.74) is 0. The van der Waals surface area contributed by atoms with Gasteiger partial charge in [-0.25, -0.2) is 0 Å². The maximum Gasteiger partial charge on any atom is 0.223 e. The molecule has 0 fully saturated rings. The average Bonchev–Trinajstić information content (AvgIpc) is 2.64. The smallest absolute Gasteiger partial charge is 0.223 e. The number of hydrogen-bond acceptors (Lipinski definition) is 3. The van der Waals surface area contributed by atoms with Crippen LogP contribution >= 0.6 is 22.9 Å². The second-order valence-electron chi connectivity index (χ2n) is 3.56. The van der Waals surface area contributed by atoms with Gasteiger partial charge in [-0.1, -0.05) is 18.5 Å². The van der Waals surface area contributed by atoms with Gasteiger partial charge in [0.2, 0.25) is 5.91 Å². The highest BCUT2D eigenvalue weighted by Crippen LogP contribution is 2.22. The summed E-state index contributed by atoms with van der Waals surface area (Å²) in [4.78, 5) is 14.5. The molecule has 0 bridgehead atoms. The van der Waals surface area contributed by atoms with E-state index in [9.17, 15) is 4.79 Å². The summed E-state index contributed by atoms with van der Waals surface area (Å²) < 4.78 is 0.767. The van der Waals surface area contributed by atoms with E-state index < -0.39 is 0 Å². The van der Waals surface area contributed by atoms with E-state index in [2.05, 4.69) is 5.32 Å². The Balaban J connectivity index is 2.34. The van der Waals surface area contributed by atoms with E-state index in [1.165, 1.54) is 11.3 Å². The first kappa shape index (κ1) is 13.5. The summed E-state index contributed by atoms with van der Waals surface area (Å²) in [5, 5.41) is 3.14. The minimum Gasteiger partial charge on any atom is -0.341 e. The van der Waals surface area contributed by atoms with E-state index in [1.54, 1.807) is 4.90 Å². The van der Waals surface area contributed by atoms with Crippen LogP contribution in [-0.2, 0) is 11.3 Å². The summed E-state index contributed by atoms with van der Waals surface area (Å²) in [7, 11) is 1.82. The van der Waals surface area contributed by atoms with Crippen LogP contribution in [0.1, 0.15) is 18.2 Å². The molecule has 0 aromatic carbocycles. The molecule has 0 spiro atoms. The number of nitrogens with one attached hydrogen (secondary N) is 1. The van der Waals surface area contributed by atoms with Crippen LogP contribution in [0.25, 0.3) is 0 Å². The topological polar surface area (TPSA) is 32.3 Å². The third-order valence-electron chi connectivity index (χ3n) is 2.21. The number of carbonyl (C=O) groups excluding carboxylic acids is 1. The second kappa shape index (κ2) is 6.89. The molecule has 1 aromatic rings. The van der Waals surface area contributed by atoms with Crippen molar-refractivity contribution in [1.82, 2.24) is 10.2 Å². The van der Waals surface area contributed by atoms with Crippen molar-refractivity contribution in [2.24, 2.45) is 0 Å². The van der Waals surface area contributed by atoms with Gasteiger partial charge < -0.3 is 10.2 Å². The van der Waals surface area contributed by atoms with Crippen molar-refractivity contribution in [3.8, 4) is 0 Å². The summed E-state index contributed by atoms with van der Waals surface area (Å²) >= 11 is 7.35. The van der Waals surface area contributed by atoms with Gasteiger partial charge in [0.1, 0.15) is 0 Å². The lowest BCUT2D eigenvalue weighted by molar-refractivity contribution is -0.130. The number of amides is 1. The Bertz CT molecular complexity index is 340. The van der Waals surface area contributed by atoms with Crippen molar-refractivity contribution in [1.29, 1.82) is 0 Å². The van der Waals surface area contributed by atoms with Crippen LogP contribution in [0.5, 0.6) is 0 Å². The summed E-state index contributed by atoms with van der Waals surface area (Å²) in [6.07, 6.45) is 0.545. The molecule has 0 aliphatic rings. The van der Waals surface area contributed by atoms with Gasteiger partial charge in [-0.3, -0.25) is 4.79 Å². The molecule has 16 heavy (non-hydrogen) atoms. The molecular formula is C11H17ClN2OS. The molecule has 0 radical (unpaired) electrons. The Morgan fingerprint density at radius 2 is 2.31 bits per heavy atom. The zero-order chi connectivity index (χ0) is 12.0. The Labute approximate surface area is 105 Å². The highest BCUT2D eigenvalue weighted by Gasteiger charge is 2.09. The molecule has 0 saturated heterocycles. The number of hydrogen-bond donors (Lipinski definition) is 1. The van der Waals surface area contributed by atoms with Crippen LogP contribution in [0.15, 0.2) is 12.1 Å². The van der Waals surface area contributed by atoms with Crippen molar-refractivity contribution in [2.45, 2.75) is 19.9 Å². The Hall–Kier alpha value is -0.580. The number of rotatable bonds is 6. The fourth-order valence-corrected chi connectivity index (χ4v) is 2.46. The van der Waals surface area contributed by atoms with E-state index in [-0.39, 0.29) is 5.91 Å². The zero-order valence-corrected chi connectivity index (χ0v) is 11.2. The zero-order valence-electron chi connectivity index (χ0n) is 9.62. The Kier molecular flexibility index (Phi) is 5.80. The summed E-state index contributed by atoms with van der Waals surface area (Å²) in [6, 6.07) is 3.82. The van der Waals surface area contributed by atoms with Crippen molar-refractivity contribution < 1.29 is 4.79 Å². The lowest BCUT2D eigenvalue weighted by atomic mass is 10.3. The first-order chi connectivity index (χ1) is 7.63. The number of nitrogens with zero attached hydrogens (tertiary/aromatic N) is 1. The molecule has 90 valence electrons. The lowest BCUT2D eigenvalue weighted by Crippen LogP contribution is -2.29. The molecule has 0 aliphatic carbocycles. The predicted molar refractivity (Wildman–Crippen MR) is 69.0 cm³/mol. The van der Waals surface area contributed by atoms with Crippen LogP contribution < -0.4 is 5.32 Å². The molecule has 0 aliphatic heterocycles. The van der Waals surface area contributed by atoms with Crippen molar-refractivity contribution in [3.63, 3.8) is 0 Å². The predicted octanol–water partition coefficient (Wildman–Crippen LogP) is 2.36. The van der Waals surface area contributed by atoms with Gasteiger partial charge >= 0.3 is 0 Å². The quantitative estimate of drug-likeness (QED) is 0.797. The van der Waals surface area contributed by atoms with Crippen molar-refractivity contribution in [2.75, 3.05) is 20.1 Å². The van der Waals surface area contributed by atoms with Crippen LogP contribution in [0, 0.1) is 0 Å². The molecule has 1 amide bonds. The van der Waals surface area contributed by atoms with Gasteiger partial charge in [0.15, 0.2) is 0 Å². The monoisotopic (exact) mass is 260 g/mol. The first-order valence-corrected chi connectivity index (χ1v) is 6.51. The Morgan fingerprint density at radius 3 is 2.88 bits per heavy atom. The van der Waals surface area contributed by atoms with Crippen LogP contribution in [0.3, 0.4) is 0 Å². The lowest BCUT2D eigenvalue weighted by Gasteiger charge is -2.16. The minimum absolute atomic E-state index is 0.158. The van der Waals surface area contributed by atoms with Gasteiger partial charge in [-0.15, -0.1) is 11.3 Å². The first-order valence-electron chi connectivity index (χ1n) is 5.32. The van der Waals surface area contributed by atoms with Gasteiger partial charge in [-0.2, -0.15) is 0 Å². The molecular weight excluding hydrogens is 244 g/mol. The third kappa shape index (κ3) is 4.51. The largest absolute Gasteiger partial charge is 0.341 e. The van der Waals surface area contributed by atoms with Crippen molar-refractivity contribution >= 4 is 28.8 Å². The van der Waals surface area contributed by atoms with Gasteiger partial charge in [0.05, 0.1) is 10.9 Å². The average molecular weight is 261 g/mol. The van der Waals surface area contributed by atoms with Crippen LogP contribution in [0.2, 0.25) is 4.34 Å². The molecule has 1 heterocycles. The van der Waals surface area contributed by atoms with E-state index in [0.29, 0.717) is 13.0 Å². The van der Waals surface area contributed by atoms with Gasteiger partial charge in [0, 0.05) is 24.9 Å². The molecule has 1 aromatic heterocycles. The summed E-state index contributed by atoms with van der Waals surface area (Å²) in [6.45, 7) is 4.31. The third-order valence-corrected chi connectivity index (χ3v) is 3.43. The number of thiophene rings is 1. The molecule has 0 saturated carbocycles. The maximum atomic E-state index is 11.7. The maximum absolute atomic E-state index is 11.7. The van der Waals surface area contributed by atoms with E-state index in [0.717, 1.165) is 22.3 Å². The molecule has 0 unspecified atom stereocenters. The molecule has 1 rings (SSSR count). The Morgan fingerprint density at radius 1 is 1.56 bits per heavy atom.